The summed E-state index contributed by atoms with van der Waals surface area (Å²) in [6.45, 7) is 3.58. The van der Waals surface area contributed by atoms with E-state index in [1.54, 1.807) is 0 Å². The Hall–Kier alpha value is -2.14. The molecule has 0 bridgehead atoms. The van der Waals surface area contributed by atoms with E-state index >= 15 is 0 Å². The summed E-state index contributed by atoms with van der Waals surface area (Å²) < 4.78 is 2.39. The molecule has 0 spiro atoms. The predicted molar refractivity (Wildman–Crippen MR) is 96.6 cm³/mol. The number of fused-ring (bicyclic) bond motifs is 2. The van der Waals surface area contributed by atoms with Crippen molar-refractivity contribution in [3.05, 3.63) is 47.5 Å². The molecule has 1 fully saturated rings. The number of carbonyl (C=O) groups is 1. The Labute approximate surface area is 148 Å². The lowest BCUT2D eigenvalue weighted by Gasteiger charge is -2.27. The second kappa shape index (κ2) is 5.99. The fourth-order valence-corrected chi connectivity index (χ4v) is 4.23. The number of hydrogen-bond acceptors (Lipinski definition) is 3. The van der Waals surface area contributed by atoms with E-state index in [0.717, 1.165) is 44.7 Å². The van der Waals surface area contributed by atoms with Crippen LogP contribution in [0.5, 0.6) is 0 Å². The van der Waals surface area contributed by atoms with Crippen molar-refractivity contribution in [1.82, 2.24) is 14.5 Å². The van der Waals surface area contributed by atoms with Crippen LogP contribution in [-0.4, -0.2) is 40.0 Å². The Kier molecular flexibility index (Phi) is 3.63. The molecule has 5 nitrogen and oxygen atoms in total. The largest absolute Gasteiger partial charge is 0.331 e. The first-order valence-corrected chi connectivity index (χ1v) is 9.45. The summed E-state index contributed by atoms with van der Waals surface area (Å²) in [7, 11) is 0. The molecule has 3 heterocycles. The normalized spacial score (nSPS) is 19.8. The molecule has 5 rings (SSSR count). The van der Waals surface area contributed by atoms with Crippen molar-refractivity contribution in [3.8, 4) is 0 Å². The fourth-order valence-electron chi connectivity index (χ4n) is 4.23. The zero-order valence-electron chi connectivity index (χ0n) is 14.5. The van der Waals surface area contributed by atoms with E-state index in [1.165, 1.54) is 29.8 Å². The minimum absolute atomic E-state index is 0.249. The highest BCUT2D eigenvalue weighted by Gasteiger charge is 2.30. The van der Waals surface area contributed by atoms with Crippen LogP contribution in [0.1, 0.15) is 42.3 Å². The second-order valence-electron chi connectivity index (χ2n) is 7.48. The molecular weight excluding hydrogens is 312 g/mol. The van der Waals surface area contributed by atoms with E-state index in [2.05, 4.69) is 32.7 Å². The first-order chi connectivity index (χ1) is 12.3. The third kappa shape index (κ3) is 2.76. The molecule has 0 saturated heterocycles. The van der Waals surface area contributed by atoms with Gasteiger partial charge in [-0.1, -0.05) is 18.2 Å². The van der Waals surface area contributed by atoms with Gasteiger partial charge in [0.1, 0.15) is 0 Å². The molecule has 3 aliphatic rings. The van der Waals surface area contributed by atoms with Crippen molar-refractivity contribution in [2.45, 2.75) is 44.7 Å². The topological polar surface area (TPSA) is 41.4 Å². The van der Waals surface area contributed by atoms with Gasteiger partial charge in [-0.15, -0.1) is 0 Å². The minimum atomic E-state index is 0.249. The van der Waals surface area contributed by atoms with Gasteiger partial charge >= 0.3 is 0 Å². The predicted octanol–water partition coefficient (Wildman–Crippen LogP) is 2.56. The van der Waals surface area contributed by atoms with E-state index in [9.17, 15) is 4.79 Å². The number of carbonyl (C=O) groups excluding carboxylic acids is 1. The van der Waals surface area contributed by atoms with Crippen molar-refractivity contribution in [1.29, 1.82) is 0 Å². The van der Waals surface area contributed by atoms with Crippen molar-refractivity contribution >= 4 is 11.6 Å². The van der Waals surface area contributed by atoms with Crippen LogP contribution in [0.4, 0.5) is 5.69 Å². The Morgan fingerprint density at radius 3 is 2.92 bits per heavy atom. The first-order valence-electron chi connectivity index (χ1n) is 9.45. The highest BCUT2D eigenvalue weighted by molar-refractivity contribution is 5.95. The summed E-state index contributed by atoms with van der Waals surface area (Å²) in [5.74, 6) is 0.249. The molecule has 1 amide bonds. The molecule has 1 saturated carbocycles. The number of para-hydroxylation sites is 1. The summed E-state index contributed by atoms with van der Waals surface area (Å²) in [6.07, 6.45) is 7.27. The van der Waals surface area contributed by atoms with Gasteiger partial charge in [0, 0.05) is 56.4 Å². The smallest absolute Gasteiger partial charge is 0.228 e. The molecule has 2 aliphatic heterocycles. The van der Waals surface area contributed by atoms with Crippen LogP contribution in [0.3, 0.4) is 0 Å². The van der Waals surface area contributed by atoms with Crippen LogP contribution < -0.4 is 4.90 Å². The highest BCUT2D eigenvalue weighted by atomic mass is 16.2. The number of imidazole rings is 1. The summed E-state index contributed by atoms with van der Waals surface area (Å²) in [5, 5.41) is 0. The summed E-state index contributed by atoms with van der Waals surface area (Å²) in [5.41, 5.74) is 5.05. The zero-order valence-corrected chi connectivity index (χ0v) is 14.5. The van der Waals surface area contributed by atoms with Gasteiger partial charge in [0.05, 0.1) is 12.0 Å². The molecule has 1 aliphatic carbocycles. The van der Waals surface area contributed by atoms with Crippen molar-refractivity contribution < 1.29 is 4.79 Å². The number of anilines is 1. The molecule has 25 heavy (non-hydrogen) atoms. The lowest BCUT2D eigenvalue weighted by Crippen LogP contribution is -2.36. The Morgan fingerprint density at radius 1 is 1.16 bits per heavy atom. The van der Waals surface area contributed by atoms with E-state index < -0.39 is 0 Å². The number of benzene rings is 1. The van der Waals surface area contributed by atoms with E-state index in [0.29, 0.717) is 12.5 Å². The maximum atomic E-state index is 12.7. The molecule has 0 unspecified atom stereocenters. The summed E-state index contributed by atoms with van der Waals surface area (Å²) in [4.78, 5) is 21.7. The average molecular weight is 336 g/mol. The maximum Gasteiger partial charge on any atom is 0.228 e. The van der Waals surface area contributed by atoms with Crippen LogP contribution >= 0.6 is 0 Å². The Bertz CT molecular complexity index is 808. The van der Waals surface area contributed by atoms with Gasteiger partial charge in [-0.25, -0.2) is 4.98 Å². The van der Waals surface area contributed by atoms with Crippen molar-refractivity contribution in [2.75, 3.05) is 24.5 Å². The van der Waals surface area contributed by atoms with E-state index in [4.69, 9.17) is 0 Å². The molecule has 5 heteroatoms. The van der Waals surface area contributed by atoms with Gasteiger partial charge in [0.25, 0.3) is 0 Å². The minimum Gasteiger partial charge on any atom is -0.331 e. The molecule has 2 aromatic rings. The second-order valence-corrected chi connectivity index (χ2v) is 7.48. The molecule has 0 N–H and O–H groups in total. The molecule has 1 aromatic carbocycles. The van der Waals surface area contributed by atoms with Crippen LogP contribution in [-0.2, 0) is 24.2 Å². The Morgan fingerprint density at radius 2 is 2.04 bits per heavy atom. The third-order valence-corrected chi connectivity index (χ3v) is 5.79. The molecule has 130 valence electrons. The number of amides is 1. The SMILES string of the molecule is O=C(CCN1CCc2c(ncn2C2CC2)C1)N1CCc2ccccc21. The van der Waals surface area contributed by atoms with E-state index in [-0.39, 0.29) is 5.91 Å². The quantitative estimate of drug-likeness (QED) is 0.862. The summed E-state index contributed by atoms with van der Waals surface area (Å²) in [6, 6.07) is 8.98. The highest BCUT2D eigenvalue weighted by Crippen LogP contribution is 2.37. The van der Waals surface area contributed by atoms with Gasteiger partial charge < -0.3 is 9.47 Å². The molecule has 1 aromatic heterocycles. The van der Waals surface area contributed by atoms with Gasteiger partial charge in [0.2, 0.25) is 5.91 Å². The van der Waals surface area contributed by atoms with Crippen LogP contribution in [0, 0.1) is 0 Å². The zero-order chi connectivity index (χ0) is 16.8. The van der Waals surface area contributed by atoms with Crippen LogP contribution in [0.25, 0.3) is 0 Å². The first kappa shape index (κ1) is 15.1. The van der Waals surface area contributed by atoms with Gasteiger partial charge in [-0.2, -0.15) is 0 Å². The van der Waals surface area contributed by atoms with Gasteiger partial charge in [0.15, 0.2) is 0 Å². The molecular formula is C20H24N4O. The number of nitrogens with zero attached hydrogens (tertiary/aromatic N) is 4. The average Bonchev–Trinajstić information content (AvgIpc) is 3.25. The lowest BCUT2D eigenvalue weighted by molar-refractivity contribution is -0.118. The number of aromatic nitrogens is 2. The maximum absolute atomic E-state index is 12.7. The third-order valence-electron chi connectivity index (χ3n) is 5.79. The fraction of sp³-hybridized carbons (Fsp3) is 0.500. The van der Waals surface area contributed by atoms with Crippen molar-refractivity contribution in [2.24, 2.45) is 0 Å². The van der Waals surface area contributed by atoms with Crippen LogP contribution in [0.2, 0.25) is 0 Å². The lowest BCUT2D eigenvalue weighted by atomic mass is 10.1. The van der Waals surface area contributed by atoms with Gasteiger partial charge in [-0.05, 0) is 30.9 Å². The standard InChI is InChI=1S/C20H24N4O/c25-20(23-12-7-15-3-1-2-4-18(15)23)9-11-22-10-8-19-17(13-22)21-14-24(19)16-5-6-16/h1-4,14,16H,5-13H2. The van der Waals surface area contributed by atoms with Crippen molar-refractivity contribution in [3.63, 3.8) is 0 Å². The molecule has 0 radical (unpaired) electrons. The summed E-state index contributed by atoms with van der Waals surface area (Å²) >= 11 is 0. The van der Waals surface area contributed by atoms with Crippen LogP contribution in [0.15, 0.2) is 30.6 Å². The number of hydrogen-bond donors (Lipinski definition) is 0. The molecule has 0 atom stereocenters. The monoisotopic (exact) mass is 336 g/mol. The van der Waals surface area contributed by atoms with E-state index in [1.807, 2.05) is 17.3 Å². The van der Waals surface area contributed by atoms with Gasteiger partial charge in [-0.3, -0.25) is 9.69 Å². The Balaban J connectivity index is 1.20. The number of rotatable bonds is 4.